The standard InChI is InChI=1S/C18H17N7O6S/c1-10-8-32-17-14(20-13(26)6-23-9-19-21-22-23)16(27)24(17)15(10)18(28)31-7-11-2-4-12(5-3-11)25(29)30/h2-5,9,14,17H,6-8H2,1H3,(H,20,26)/t14?,17-/m1/s1. The van der Waals surface area contributed by atoms with Crippen LogP contribution < -0.4 is 5.32 Å². The van der Waals surface area contributed by atoms with Crippen molar-refractivity contribution in [1.29, 1.82) is 0 Å². The Bertz CT molecular complexity index is 1100. The summed E-state index contributed by atoms with van der Waals surface area (Å²) in [4.78, 5) is 49.2. The molecule has 166 valence electrons. The normalized spacial score (nSPS) is 19.8. The molecule has 0 spiro atoms. The number of β-lactam (4-membered cyclic amide) rings is 1. The van der Waals surface area contributed by atoms with Crippen molar-refractivity contribution in [3.63, 3.8) is 0 Å². The lowest BCUT2D eigenvalue weighted by Crippen LogP contribution is -2.70. The Kier molecular flexibility index (Phi) is 5.85. The maximum atomic E-state index is 12.7. The molecular weight excluding hydrogens is 442 g/mol. The van der Waals surface area contributed by atoms with Crippen LogP contribution in [0.4, 0.5) is 5.69 Å². The number of hydrogen-bond donors (Lipinski definition) is 1. The van der Waals surface area contributed by atoms with E-state index in [1.54, 1.807) is 6.92 Å². The van der Waals surface area contributed by atoms with Crippen LogP contribution in [0.25, 0.3) is 0 Å². The molecule has 1 aromatic heterocycles. The van der Waals surface area contributed by atoms with E-state index in [0.29, 0.717) is 16.9 Å². The maximum absolute atomic E-state index is 12.7. The molecule has 1 aromatic carbocycles. The van der Waals surface area contributed by atoms with E-state index in [1.807, 2.05) is 0 Å². The molecule has 13 nitrogen and oxygen atoms in total. The van der Waals surface area contributed by atoms with Gasteiger partial charge in [-0.15, -0.1) is 16.9 Å². The molecule has 1 N–H and O–H groups in total. The Hall–Kier alpha value is -3.81. The number of nitro groups is 1. The van der Waals surface area contributed by atoms with Crippen LogP contribution in [-0.4, -0.2) is 65.0 Å². The molecule has 1 saturated heterocycles. The van der Waals surface area contributed by atoms with Crippen LogP contribution in [-0.2, 0) is 32.3 Å². The van der Waals surface area contributed by atoms with E-state index < -0.39 is 34.1 Å². The molecule has 3 heterocycles. The average molecular weight is 459 g/mol. The fraction of sp³-hybridized carbons (Fsp3) is 0.333. The van der Waals surface area contributed by atoms with Crippen molar-refractivity contribution >= 4 is 35.2 Å². The van der Waals surface area contributed by atoms with Crippen molar-refractivity contribution in [2.45, 2.75) is 31.5 Å². The number of carbonyl (C=O) groups excluding carboxylic acids is 3. The first-order valence-corrected chi connectivity index (χ1v) is 10.4. The number of aromatic nitrogens is 4. The minimum atomic E-state index is -0.769. The van der Waals surface area contributed by atoms with E-state index in [9.17, 15) is 24.5 Å². The smallest absolute Gasteiger partial charge is 0.355 e. The van der Waals surface area contributed by atoms with Crippen LogP contribution in [0.15, 0.2) is 41.9 Å². The summed E-state index contributed by atoms with van der Waals surface area (Å²) in [7, 11) is 0. The van der Waals surface area contributed by atoms with E-state index in [4.69, 9.17) is 4.74 Å². The Balaban J connectivity index is 1.38. The van der Waals surface area contributed by atoms with Crippen LogP contribution in [0, 0.1) is 10.1 Å². The van der Waals surface area contributed by atoms with Crippen molar-refractivity contribution in [2.75, 3.05) is 5.75 Å². The molecule has 2 aliphatic heterocycles. The Morgan fingerprint density at radius 3 is 2.75 bits per heavy atom. The van der Waals surface area contributed by atoms with Gasteiger partial charge in [0.15, 0.2) is 0 Å². The number of carbonyl (C=O) groups is 3. The first-order valence-electron chi connectivity index (χ1n) is 9.40. The first kappa shape index (κ1) is 21.4. The number of fused-ring (bicyclic) bond motifs is 1. The number of esters is 1. The fourth-order valence-electron chi connectivity index (χ4n) is 3.31. The second-order valence-corrected chi connectivity index (χ2v) is 8.20. The molecule has 14 heteroatoms. The van der Waals surface area contributed by atoms with Crippen LogP contribution >= 0.6 is 11.8 Å². The van der Waals surface area contributed by atoms with Gasteiger partial charge in [0.1, 0.15) is 36.6 Å². The Labute approximate surface area is 184 Å². The SMILES string of the molecule is CC1=C(C(=O)OCc2ccc([N+](=O)[O-])cc2)N2C(=O)C(NC(=O)Cn3cnnn3)[C@H]2SC1. The van der Waals surface area contributed by atoms with Crippen LogP contribution in [0.2, 0.25) is 0 Å². The van der Waals surface area contributed by atoms with Crippen molar-refractivity contribution in [2.24, 2.45) is 0 Å². The Morgan fingerprint density at radius 1 is 1.34 bits per heavy atom. The number of amides is 2. The summed E-state index contributed by atoms with van der Waals surface area (Å²) in [6.45, 7) is 1.51. The summed E-state index contributed by atoms with van der Waals surface area (Å²) in [6.07, 6.45) is 1.29. The molecule has 0 aliphatic carbocycles. The van der Waals surface area contributed by atoms with Gasteiger partial charge < -0.3 is 10.1 Å². The van der Waals surface area contributed by atoms with E-state index in [0.717, 1.165) is 0 Å². The molecule has 4 rings (SSSR count). The topological polar surface area (TPSA) is 162 Å². The third-order valence-electron chi connectivity index (χ3n) is 4.88. The lowest BCUT2D eigenvalue weighted by Gasteiger charge is -2.49. The van der Waals surface area contributed by atoms with Crippen LogP contribution in [0.1, 0.15) is 12.5 Å². The summed E-state index contributed by atoms with van der Waals surface area (Å²) in [5.41, 5.74) is 1.36. The van der Waals surface area contributed by atoms with Gasteiger partial charge in [-0.2, -0.15) is 0 Å². The highest BCUT2D eigenvalue weighted by molar-refractivity contribution is 8.00. The minimum Gasteiger partial charge on any atom is -0.456 e. The lowest BCUT2D eigenvalue weighted by molar-refractivity contribution is -0.384. The second kappa shape index (κ2) is 8.74. The summed E-state index contributed by atoms with van der Waals surface area (Å²) in [5, 5.41) is 23.5. The molecular formula is C18H17N7O6S. The monoisotopic (exact) mass is 459 g/mol. The number of benzene rings is 1. The van der Waals surface area contributed by atoms with Gasteiger partial charge in [-0.25, -0.2) is 9.48 Å². The molecule has 32 heavy (non-hydrogen) atoms. The zero-order chi connectivity index (χ0) is 22.8. The number of tetrazole rings is 1. The fourth-order valence-corrected chi connectivity index (χ4v) is 4.61. The van der Waals surface area contributed by atoms with Gasteiger partial charge in [0.05, 0.1) is 4.92 Å². The molecule has 0 saturated carbocycles. The lowest BCUT2D eigenvalue weighted by atomic mass is 10.0. The highest BCUT2D eigenvalue weighted by Gasteiger charge is 2.54. The van der Waals surface area contributed by atoms with Crippen molar-refractivity contribution in [3.05, 3.63) is 57.5 Å². The summed E-state index contributed by atoms with van der Waals surface area (Å²) in [5.74, 6) is -1.01. The number of nitro benzene ring substituents is 1. The zero-order valence-electron chi connectivity index (χ0n) is 16.7. The van der Waals surface area contributed by atoms with Gasteiger partial charge in [0.25, 0.3) is 11.6 Å². The summed E-state index contributed by atoms with van der Waals surface area (Å²) in [6, 6.07) is 4.87. The van der Waals surface area contributed by atoms with Gasteiger partial charge in [-0.1, -0.05) is 0 Å². The van der Waals surface area contributed by atoms with E-state index in [1.165, 1.54) is 51.9 Å². The van der Waals surface area contributed by atoms with Gasteiger partial charge >= 0.3 is 5.97 Å². The third-order valence-corrected chi connectivity index (χ3v) is 6.31. The first-order chi connectivity index (χ1) is 15.3. The maximum Gasteiger partial charge on any atom is 0.355 e. The zero-order valence-corrected chi connectivity index (χ0v) is 17.5. The van der Waals surface area contributed by atoms with Crippen molar-refractivity contribution in [1.82, 2.24) is 30.4 Å². The van der Waals surface area contributed by atoms with Crippen molar-refractivity contribution in [3.8, 4) is 0 Å². The van der Waals surface area contributed by atoms with Gasteiger partial charge in [-0.05, 0) is 40.6 Å². The molecule has 1 fully saturated rings. The molecule has 2 amide bonds. The highest BCUT2D eigenvalue weighted by atomic mass is 32.2. The number of nitrogens with one attached hydrogen (secondary N) is 1. The van der Waals surface area contributed by atoms with E-state index in [2.05, 4.69) is 20.8 Å². The molecule has 0 bridgehead atoms. The number of ether oxygens (including phenoxy) is 1. The summed E-state index contributed by atoms with van der Waals surface area (Å²) < 4.78 is 6.57. The highest BCUT2D eigenvalue weighted by Crippen LogP contribution is 2.40. The van der Waals surface area contributed by atoms with E-state index in [-0.39, 0.29) is 24.5 Å². The molecule has 1 unspecified atom stereocenters. The predicted octanol–water partition coefficient (Wildman–Crippen LogP) is -0.00140. The van der Waals surface area contributed by atoms with Gasteiger partial charge in [-0.3, -0.25) is 24.6 Å². The predicted molar refractivity (Wildman–Crippen MR) is 108 cm³/mol. The largest absolute Gasteiger partial charge is 0.456 e. The minimum absolute atomic E-state index is 0.0647. The number of thioether (sulfide) groups is 1. The molecule has 2 aromatic rings. The molecule has 2 aliphatic rings. The molecule has 2 atom stereocenters. The quantitative estimate of drug-likeness (QED) is 0.258. The number of hydrogen-bond acceptors (Lipinski definition) is 10. The van der Waals surface area contributed by atoms with Crippen LogP contribution in [0.5, 0.6) is 0 Å². The van der Waals surface area contributed by atoms with Crippen molar-refractivity contribution < 1.29 is 24.0 Å². The number of non-ortho nitro benzene ring substituents is 1. The third kappa shape index (κ3) is 4.16. The van der Waals surface area contributed by atoms with Crippen LogP contribution in [0.3, 0.4) is 0 Å². The van der Waals surface area contributed by atoms with Gasteiger partial charge in [0, 0.05) is 17.9 Å². The summed E-state index contributed by atoms with van der Waals surface area (Å²) >= 11 is 1.44. The average Bonchev–Trinajstić information content (AvgIpc) is 3.28. The van der Waals surface area contributed by atoms with E-state index >= 15 is 0 Å². The van der Waals surface area contributed by atoms with Gasteiger partial charge in [0.2, 0.25) is 5.91 Å². The molecule has 0 radical (unpaired) electrons. The number of rotatable bonds is 7. The second-order valence-electron chi connectivity index (χ2n) is 7.09. The Morgan fingerprint density at radius 2 is 2.09 bits per heavy atom. The number of nitrogens with zero attached hydrogens (tertiary/aromatic N) is 6.